The summed E-state index contributed by atoms with van der Waals surface area (Å²) in [6, 6.07) is 7.04. The van der Waals surface area contributed by atoms with Gasteiger partial charge in [0, 0.05) is 19.0 Å². The van der Waals surface area contributed by atoms with Crippen molar-refractivity contribution < 1.29 is 4.74 Å². The van der Waals surface area contributed by atoms with Crippen molar-refractivity contribution in [3.8, 4) is 5.75 Å². The maximum atomic E-state index is 5.85. The third-order valence-electron chi connectivity index (χ3n) is 2.84. The molecular formula is C14H21NO. The number of rotatable bonds is 3. The molecule has 16 heavy (non-hydrogen) atoms. The van der Waals surface area contributed by atoms with Crippen LogP contribution < -0.4 is 10.1 Å². The van der Waals surface area contributed by atoms with E-state index in [1.54, 1.807) is 0 Å². The fourth-order valence-electron chi connectivity index (χ4n) is 2.09. The number of nitrogens with one attached hydrogen (secondary N) is 1. The summed E-state index contributed by atoms with van der Waals surface area (Å²) in [6.07, 6.45) is 1.01. The molecule has 88 valence electrons. The second kappa shape index (κ2) is 4.10. The Labute approximate surface area is 98.0 Å². The summed E-state index contributed by atoms with van der Waals surface area (Å²) in [7, 11) is 0. The number of fused-ring (bicyclic) bond motifs is 1. The second-order valence-corrected chi connectivity index (χ2v) is 5.52. The molecule has 1 N–H and O–H groups in total. The van der Waals surface area contributed by atoms with Gasteiger partial charge >= 0.3 is 0 Å². The molecule has 1 aliphatic rings. The van der Waals surface area contributed by atoms with Gasteiger partial charge in [0.15, 0.2) is 0 Å². The fraction of sp³-hybridized carbons (Fsp3) is 0.571. The van der Waals surface area contributed by atoms with Crippen LogP contribution in [0.25, 0.3) is 0 Å². The maximum Gasteiger partial charge on any atom is 0.123 e. The molecule has 1 aliphatic heterocycles. The van der Waals surface area contributed by atoms with Crippen LogP contribution in [0.1, 0.15) is 38.8 Å². The van der Waals surface area contributed by atoms with E-state index in [9.17, 15) is 0 Å². The maximum absolute atomic E-state index is 5.85. The standard InChI is InChI=1S/C14H21NO/c1-10(2)15-9-11-5-6-13-12(7-11)8-14(3,4)16-13/h5-7,10,15H,8-9H2,1-4H3. The monoisotopic (exact) mass is 219 g/mol. The molecule has 2 heteroatoms. The molecule has 0 unspecified atom stereocenters. The quantitative estimate of drug-likeness (QED) is 0.844. The summed E-state index contributed by atoms with van der Waals surface area (Å²) in [4.78, 5) is 0. The van der Waals surface area contributed by atoms with Crippen molar-refractivity contribution in [1.82, 2.24) is 5.32 Å². The molecule has 0 fully saturated rings. The van der Waals surface area contributed by atoms with Gasteiger partial charge in [-0.3, -0.25) is 0 Å². The summed E-state index contributed by atoms with van der Waals surface area (Å²) in [6.45, 7) is 9.54. The van der Waals surface area contributed by atoms with Gasteiger partial charge in [-0.2, -0.15) is 0 Å². The minimum Gasteiger partial charge on any atom is -0.487 e. The highest BCUT2D eigenvalue weighted by Gasteiger charge is 2.29. The lowest BCUT2D eigenvalue weighted by Gasteiger charge is -2.16. The van der Waals surface area contributed by atoms with Crippen molar-refractivity contribution in [1.29, 1.82) is 0 Å². The van der Waals surface area contributed by atoms with E-state index in [1.165, 1.54) is 11.1 Å². The number of ether oxygens (including phenoxy) is 1. The summed E-state index contributed by atoms with van der Waals surface area (Å²) >= 11 is 0. The Morgan fingerprint density at radius 2 is 2.12 bits per heavy atom. The van der Waals surface area contributed by atoms with Gasteiger partial charge in [-0.05, 0) is 31.0 Å². The second-order valence-electron chi connectivity index (χ2n) is 5.52. The van der Waals surface area contributed by atoms with Gasteiger partial charge in [0.1, 0.15) is 11.4 Å². The SMILES string of the molecule is CC(C)NCc1ccc2c(c1)CC(C)(C)O2. The molecule has 2 nitrogen and oxygen atoms in total. The third-order valence-corrected chi connectivity index (χ3v) is 2.84. The van der Waals surface area contributed by atoms with Gasteiger partial charge in [-0.15, -0.1) is 0 Å². The minimum absolute atomic E-state index is 0.0353. The summed E-state index contributed by atoms with van der Waals surface area (Å²) in [5.74, 6) is 1.05. The van der Waals surface area contributed by atoms with Crippen LogP contribution in [0.5, 0.6) is 5.75 Å². The zero-order chi connectivity index (χ0) is 11.8. The van der Waals surface area contributed by atoms with Crippen LogP contribution in [-0.2, 0) is 13.0 Å². The molecule has 1 heterocycles. The van der Waals surface area contributed by atoms with E-state index in [-0.39, 0.29) is 5.60 Å². The Morgan fingerprint density at radius 1 is 1.38 bits per heavy atom. The fourth-order valence-corrected chi connectivity index (χ4v) is 2.09. The molecule has 0 amide bonds. The Morgan fingerprint density at radius 3 is 2.81 bits per heavy atom. The van der Waals surface area contributed by atoms with Gasteiger partial charge in [-0.25, -0.2) is 0 Å². The van der Waals surface area contributed by atoms with Gasteiger partial charge in [0.05, 0.1) is 0 Å². The van der Waals surface area contributed by atoms with Crippen molar-refractivity contribution in [2.75, 3.05) is 0 Å². The summed E-state index contributed by atoms with van der Waals surface area (Å²) in [5.41, 5.74) is 2.65. The number of hydrogen-bond acceptors (Lipinski definition) is 2. The predicted molar refractivity (Wildman–Crippen MR) is 66.8 cm³/mol. The first-order valence-electron chi connectivity index (χ1n) is 6.00. The number of hydrogen-bond donors (Lipinski definition) is 1. The molecule has 0 atom stereocenters. The molecular weight excluding hydrogens is 198 g/mol. The Balaban J connectivity index is 2.10. The summed E-state index contributed by atoms with van der Waals surface area (Å²) < 4.78 is 5.85. The average molecular weight is 219 g/mol. The van der Waals surface area contributed by atoms with Crippen molar-refractivity contribution in [2.24, 2.45) is 0 Å². The van der Waals surface area contributed by atoms with Crippen LogP contribution in [0, 0.1) is 0 Å². The predicted octanol–water partition coefficient (Wildman–Crippen LogP) is 2.90. The van der Waals surface area contributed by atoms with E-state index in [0.29, 0.717) is 6.04 Å². The van der Waals surface area contributed by atoms with E-state index in [0.717, 1.165) is 18.7 Å². The topological polar surface area (TPSA) is 21.3 Å². The number of benzene rings is 1. The molecule has 2 rings (SSSR count). The van der Waals surface area contributed by atoms with Gasteiger partial charge in [-0.1, -0.05) is 26.0 Å². The first-order chi connectivity index (χ1) is 7.46. The lowest BCUT2D eigenvalue weighted by molar-refractivity contribution is 0.138. The largest absolute Gasteiger partial charge is 0.487 e. The molecule has 1 aromatic rings. The van der Waals surface area contributed by atoms with E-state index < -0.39 is 0 Å². The molecule has 0 aliphatic carbocycles. The van der Waals surface area contributed by atoms with Gasteiger partial charge in [0.2, 0.25) is 0 Å². The highest BCUT2D eigenvalue weighted by molar-refractivity contribution is 5.41. The lowest BCUT2D eigenvalue weighted by atomic mass is 10.0. The van der Waals surface area contributed by atoms with Crippen LogP contribution in [-0.4, -0.2) is 11.6 Å². The molecule has 0 spiro atoms. The molecule has 0 saturated carbocycles. The van der Waals surface area contributed by atoms with Crippen molar-refractivity contribution in [3.05, 3.63) is 29.3 Å². The van der Waals surface area contributed by atoms with Gasteiger partial charge < -0.3 is 10.1 Å². The van der Waals surface area contributed by atoms with Crippen LogP contribution >= 0.6 is 0 Å². The highest BCUT2D eigenvalue weighted by Crippen LogP contribution is 2.35. The van der Waals surface area contributed by atoms with E-state index in [1.807, 2.05) is 0 Å². The normalized spacial score (nSPS) is 17.3. The zero-order valence-corrected chi connectivity index (χ0v) is 10.6. The van der Waals surface area contributed by atoms with Crippen molar-refractivity contribution >= 4 is 0 Å². The first kappa shape index (κ1) is 11.5. The lowest BCUT2D eigenvalue weighted by Crippen LogP contribution is -2.24. The van der Waals surface area contributed by atoms with E-state index in [4.69, 9.17) is 4.74 Å². The van der Waals surface area contributed by atoms with Crippen molar-refractivity contribution in [2.45, 2.75) is 52.3 Å². The van der Waals surface area contributed by atoms with Gasteiger partial charge in [0.25, 0.3) is 0 Å². The first-order valence-corrected chi connectivity index (χ1v) is 6.00. The van der Waals surface area contributed by atoms with Crippen LogP contribution in [0.3, 0.4) is 0 Å². The third kappa shape index (κ3) is 2.56. The smallest absolute Gasteiger partial charge is 0.123 e. The van der Waals surface area contributed by atoms with Crippen molar-refractivity contribution in [3.63, 3.8) is 0 Å². The molecule has 1 aromatic carbocycles. The van der Waals surface area contributed by atoms with Crippen LogP contribution in [0.2, 0.25) is 0 Å². The van der Waals surface area contributed by atoms with Crippen LogP contribution in [0.4, 0.5) is 0 Å². The highest BCUT2D eigenvalue weighted by atomic mass is 16.5. The Kier molecular flexibility index (Phi) is 2.94. The minimum atomic E-state index is -0.0353. The summed E-state index contributed by atoms with van der Waals surface area (Å²) in [5, 5.41) is 3.43. The van der Waals surface area contributed by atoms with E-state index >= 15 is 0 Å². The zero-order valence-electron chi connectivity index (χ0n) is 10.6. The average Bonchev–Trinajstić information content (AvgIpc) is 2.47. The molecule has 0 bridgehead atoms. The Hall–Kier alpha value is -1.02. The molecule has 0 radical (unpaired) electrons. The molecule has 0 saturated heterocycles. The Bertz CT molecular complexity index is 382. The van der Waals surface area contributed by atoms with Crippen LogP contribution in [0.15, 0.2) is 18.2 Å². The molecule has 0 aromatic heterocycles. The van der Waals surface area contributed by atoms with E-state index in [2.05, 4.69) is 51.2 Å².